The molecule has 0 saturated heterocycles. The Kier molecular flexibility index (Phi) is 6.03. The molecule has 2 N–H and O–H groups in total. The number of carbonyl (C=O) groups excluding carboxylic acids is 1. The smallest absolute Gasteiger partial charge is 0.255 e. The molecular formula is C18H22N2O4S. The molecule has 0 heterocycles. The largest absolute Gasteiger partial charge is 0.495 e. The van der Waals surface area contributed by atoms with Crippen molar-refractivity contribution in [3.05, 3.63) is 53.6 Å². The Balaban J connectivity index is 2.21. The molecule has 0 aliphatic rings. The molecule has 0 atom stereocenters. The highest BCUT2D eigenvalue weighted by atomic mass is 32.2. The van der Waals surface area contributed by atoms with Gasteiger partial charge in [0.15, 0.2) is 0 Å². The Morgan fingerprint density at radius 1 is 1.16 bits per heavy atom. The molecule has 0 saturated carbocycles. The monoisotopic (exact) mass is 362 g/mol. The fourth-order valence-corrected chi connectivity index (χ4v) is 3.46. The van der Waals surface area contributed by atoms with E-state index in [4.69, 9.17) is 4.74 Å². The number of carbonyl (C=O) groups is 1. The van der Waals surface area contributed by atoms with Gasteiger partial charge in [0, 0.05) is 11.3 Å². The molecule has 0 aliphatic heterocycles. The predicted molar refractivity (Wildman–Crippen MR) is 99.8 cm³/mol. The molecule has 0 fully saturated rings. The maximum atomic E-state index is 12.5. The third-order valence-electron chi connectivity index (χ3n) is 3.47. The summed E-state index contributed by atoms with van der Waals surface area (Å²) >= 11 is 0. The third kappa shape index (κ3) is 5.22. The molecule has 0 unspecified atom stereocenters. The molecule has 2 rings (SSSR count). The second-order valence-corrected chi connectivity index (χ2v) is 7.50. The standard InChI is InChI=1S/C18H22N2O4S/c1-4-10-25(22,23)20-15-7-5-6-14(12-15)18(21)19-16-11-13(2)8-9-17(16)24-3/h5-9,11-12,20H,4,10H2,1-3H3,(H,19,21). The van der Waals surface area contributed by atoms with Crippen molar-refractivity contribution in [1.29, 1.82) is 0 Å². The number of hydrogen-bond acceptors (Lipinski definition) is 4. The van der Waals surface area contributed by atoms with Crippen LogP contribution in [0.1, 0.15) is 29.3 Å². The number of ether oxygens (including phenoxy) is 1. The van der Waals surface area contributed by atoms with Gasteiger partial charge in [0.05, 0.1) is 18.6 Å². The lowest BCUT2D eigenvalue weighted by Crippen LogP contribution is -2.17. The van der Waals surface area contributed by atoms with E-state index in [9.17, 15) is 13.2 Å². The van der Waals surface area contributed by atoms with Gasteiger partial charge in [-0.1, -0.05) is 19.1 Å². The molecule has 1 amide bonds. The molecule has 6 nitrogen and oxygen atoms in total. The van der Waals surface area contributed by atoms with E-state index in [2.05, 4.69) is 10.0 Å². The number of aryl methyl sites for hydroxylation is 1. The zero-order valence-electron chi connectivity index (χ0n) is 14.5. The number of anilines is 2. The van der Waals surface area contributed by atoms with Crippen molar-refractivity contribution < 1.29 is 17.9 Å². The van der Waals surface area contributed by atoms with Crippen LogP contribution in [0.25, 0.3) is 0 Å². The Bertz CT molecular complexity index is 863. The Morgan fingerprint density at radius 2 is 1.92 bits per heavy atom. The molecule has 25 heavy (non-hydrogen) atoms. The number of hydrogen-bond donors (Lipinski definition) is 2. The first-order valence-electron chi connectivity index (χ1n) is 7.91. The topological polar surface area (TPSA) is 84.5 Å². The van der Waals surface area contributed by atoms with E-state index in [1.807, 2.05) is 19.1 Å². The predicted octanol–water partition coefficient (Wildman–Crippen LogP) is 3.41. The number of benzene rings is 2. The highest BCUT2D eigenvalue weighted by Crippen LogP contribution is 2.26. The zero-order chi connectivity index (χ0) is 18.4. The van der Waals surface area contributed by atoms with Crippen LogP contribution in [0.3, 0.4) is 0 Å². The van der Waals surface area contributed by atoms with Crippen molar-refractivity contribution >= 4 is 27.3 Å². The lowest BCUT2D eigenvalue weighted by Gasteiger charge is -2.12. The van der Waals surface area contributed by atoms with Gasteiger partial charge in [0.2, 0.25) is 10.0 Å². The molecule has 0 spiro atoms. The van der Waals surface area contributed by atoms with E-state index in [-0.39, 0.29) is 11.7 Å². The maximum Gasteiger partial charge on any atom is 0.255 e. The first-order valence-corrected chi connectivity index (χ1v) is 9.56. The number of rotatable bonds is 7. The molecule has 2 aromatic carbocycles. The summed E-state index contributed by atoms with van der Waals surface area (Å²) in [4.78, 5) is 12.5. The minimum absolute atomic E-state index is 0.0317. The van der Waals surface area contributed by atoms with E-state index in [0.717, 1.165) is 5.56 Å². The SMILES string of the molecule is CCCS(=O)(=O)Nc1cccc(C(=O)Nc2cc(C)ccc2OC)c1. The van der Waals surface area contributed by atoms with Crippen LogP contribution in [0.4, 0.5) is 11.4 Å². The summed E-state index contributed by atoms with van der Waals surface area (Å²) in [5, 5.41) is 2.79. The summed E-state index contributed by atoms with van der Waals surface area (Å²) in [7, 11) is -1.87. The quantitative estimate of drug-likeness (QED) is 0.790. The van der Waals surface area contributed by atoms with Gasteiger partial charge in [-0.15, -0.1) is 0 Å². The summed E-state index contributed by atoms with van der Waals surface area (Å²) < 4.78 is 31.5. The number of amides is 1. The Morgan fingerprint density at radius 3 is 2.60 bits per heavy atom. The van der Waals surface area contributed by atoms with E-state index >= 15 is 0 Å². The molecule has 0 aromatic heterocycles. The second-order valence-electron chi connectivity index (χ2n) is 5.66. The van der Waals surface area contributed by atoms with Crippen molar-refractivity contribution in [1.82, 2.24) is 0 Å². The van der Waals surface area contributed by atoms with Gasteiger partial charge in [-0.25, -0.2) is 8.42 Å². The first kappa shape index (κ1) is 18.8. The van der Waals surface area contributed by atoms with Crippen LogP contribution in [-0.2, 0) is 10.0 Å². The molecule has 0 aliphatic carbocycles. The molecule has 2 aromatic rings. The average molecular weight is 362 g/mol. The second kappa shape index (κ2) is 8.02. The minimum Gasteiger partial charge on any atom is -0.495 e. The van der Waals surface area contributed by atoms with Crippen LogP contribution >= 0.6 is 0 Å². The highest BCUT2D eigenvalue weighted by molar-refractivity contribution is 7.92. The van der Waals surface area contributed by atoms with Crippen LogP contribution in [0, 0.1) is 6.92 Å². The number of nitrogens with one attached hydrogen (secondary N) is 2. The fourth-order valence-electron chi connectivity index (χ4n) is 2.34. The van der Waals surface area contributed by atoms with Crippen LogP contribution in [0.2, 0.25) is 0 Å². The molecule has 134 valence electrons. The normalized spacial score (nSPS) is 11.0. The van der Waals surface area contributed by atoms with E-state index in [1.165, 1.54) is 13.2 Å². The van der Waals surface area contributed by atoms with Crippen molar-refractivity contribution in [3.8, 4) is 5.75 Å². The number of methoxy groups -OCH3 is 1. The van der Waals surface area contributed by atoms with Crippen molar-refractivity contribution in [2.75, 3.05) is 22.9 Å². The Hall–Kier alpha value is -2.54. The Labute approximate surface area is 148 Å². The van der Waals surface area contributed by atoms with Crippen LogP contribution in [0.5, 0.6) is 5.75 Å². The van der Waals surface area contributed by atoms with Gasteiger partial charge < -0.3 is 10.1 Å². The zero-order valence-corrected chi connectivity index (χ0v) is 15.3. The molecule has 7 heteroatoms. The van der Waals surface area contributed by atoms with Crippen molar-refractivity contribution in [2.45, 2.75) is 20.3 Å². The summed E-state index contributed by atoms with van der Waals surface area (Å²) in [6, 6.07) is 11.8. The van der Waals surface area contributed by atoms with Gasteiger partial charge in [0.1, 0.15) is 5.75 Å². The highest BCUT2D eigenvalue weighted by Gasteiger charge is 2.13. The van der Waals surface area contributed by atoms with Gasteiger partial charge in [-0.2, -0.15) is 0 Å². The first-order chi connectivity index (χ1) is 11.8. The van der Waals surface area contributed by atoms with Gasteiger partial charge in [-0.3, -0.25) is 9.52 Å². The van der Waals surface area contributed by atoms with Gasteiger partial charge in [0.25, 0.3) is 5.91 Å². The third-order valence-corrected chi connectivity index (χ3v) is 4.97. The summed E-state index contributed by atoms with van der Waals surface area (Å²) in [5.41, 5.74) is 2.25. The molecule has 0 bridgehead atoms. The van der Waals surface area contributed by atoms with Crippen LogP contribution in [0.15, 0.2) is 42.5 Å². The van der Waals surface area contributed by atoms with Gasteiger partial charge >= 0.3 is 0 Å². The minimum atomic E-state index is -3.40. The van der Waals surface area contributed by atoms with Gasteiger partial charge in [-0.05, 0) is 49.2 Å². The lowest BCUT2D eigenvalue weighted by atomic mass is 10.1. The van der Waals surface area contributed by atoms with E-state index in [1.54, 1.807) is 31.2 Å². The average Bonchev–Trinajstić information content (AvgIpc) is 2.54. The fraction of sp³-hybridized carbons (Fsp3) is 0.278. The summed E-state index contributed by atoms with van der Waals surface area (Å²) in [6.45, 7) is 3.70. The lowest BCUT2D eigenvalue weighted by molar-refractivity contribution is 0.102. The van der Waals surface area contributed by atoms with E-state index < -0.39 is 10.0 Å². The van der Waals surface area contributed by atoms with Crippen LogP contribution in [-0.4, -0.2) is 27.2 Å². The van der Waals surface area contributed by atoms with Crippen molar-refractivity contribution in [3.63, 3.8) is 0 Å². The van der Waals surface area contributed by atoms with E-state index in [0.29, 0.717) is 29.1 Å². The number of sulfonamides is 1. The summed E-state index contributed by atoms with van der Waals surface area (Å²) in [6.07, 6.45) is 0.517. The van der Waals surface area contributed by atoms with Crippen molar-refractivity contribution in [2.24, 2.45) is 0 Å². The summed E-state index contributed by atoms with van der Waals surface area (Å²) in [5.74, 6) is 0.239. The molecule has 0 radical (unpaired) electrons. The van der Waals surface area contributed by atoms with Crippen LogP contribution < -0.4 is 14.8 Å². The maximum absolute atomic E-state index is 12.5. The molecular weight excluding hydrogens is 340 g/mol.